The van der Waals surface area contributed by atoms with Crippen LogP contribution in [0.5, 0.6) is 0 Å². The molecule has 14 heavy (non-hydrogen) atoms. The molecule has 0 aliphatic heterocycles. The van der Waals surface area contributed by atoms with Crippen molar-refractivity contribution in [2.24, 2.45) is 22.5 Å². The maximum Gasteiger partial charge on any atom is 0.163 e. The Labute approximate surface area is 84.0 Å². The van der Waals surface area contributed by atoms with Crippen molar-refractivity contribution in [1.29, 1.82) is 0 Å². The fraction of sp³-hybridized carbons (Fsp3) is 0.818. The zero-order valence-electron chi connectivity index (χ0n) is 8.96. The summed E-state index contributed by atoms with van der Waals surface area (Å²) in [6, 6.07) is -0.861. The highest BCUT2D eigenvalue weighted by atomic mass is 16.2. The molecule has 0 aromatic rings. The van der Waals surface area contributed by atoms with Gasteiger partial charge in [-0.25, -0.2) is 0 Å². The highest BCUT2D eigenvalue weighted by molar-refractivity contribution is 6.13. The Hall–Kier alpha value is -0.700. The van der Waals surface area contributed by atoms with Gasteiger partial charge in [-0.2, -0.15) is 0 Å². The first-order valence-corrected chi connectivity index (χ1v) is 5.16. The van der Waals surface area contributed by atoms with Gasteiger partial charge in [0.15, 0.2) is 11.6 Å². The van der Waals surface area contributed by atoms with Gasteiger partial charge >= 0.3 is 0 Å². The van der Waals surface area contributed by atoms with E-state index in [1.807, 2.05) is 20.8 Å². The summed E-state index contributed by atoms with van der Waals surface area (Å²) >= 11 is 0. The monoisotopic (exact) mass is 195 g/mol. The summed E-state index contributed by atoms with van der Waals surface area (Å²) in [5.41, 5.74) is 5.05. The number of carbonyl (C=O) groups is 2. The van der Waals surface area contributed by atoms with Crippen molar-refractivity contribution in [2.45, 2.75) is 39.7 Å². The van der Waals surface area contributed by atoms with Crippen molar-refractivity contribution < 1.29 is 9.59 Å². The van der Waals surface area contributed by atoms with Crippen LogP contribution in [0.4, 0.5) is 0 Å². The van der Waals surface area contributed by atoms with Crippen molar-refractivity contribution in [2.75, 3.05) is 0 Å². The lowest BCUT2D eigenvalue weighted by Crippen LogP contribution is -2.59. The van der Waals surface area contributed by atoms with Gasteiger partial charge in [0, 0.05) is 11.3 Å². The summed E-state index contributed by atoms with van der Waals surface area (Å²) < 4.78 is 0. The van der Waals surface area contributed by atoms with Crippen LogP contribution in [0.2, 0.25) is 0 Å². The van der Waals surface area contributed by atoms with Crippen LogP contribution in [0.25, 0.3) is 0 Å². The quantitative estimate of drug-likeness (QED) is 0.584. The summed E-state index contributed by atoms with van der Waals surface area (Å²) in [4.78, 5) is 23.8. The molecule has 78 valence electrons. The normalized spacial score (nSPS) is 45.7. The van der Waals surface area contributed by atoms with Crippen LogP contribution in [0.1, 0.15) is 33.6 Å². The molecule has 2 fully saturated rings. The summed E-state index contributed by atoms with van der Waals surface area (Å²) in [5.74, 6) is -0.114. The van der Waals surface area contributed by atoms with Gasteiger partial charge in [0.25, 0.3) is 0 Å². The Morgan fingerprint density at radius 2 is 1.86 bits per heavy atom. The second kappa shape index (κ2) is 2.45. The molecular formula is C11H17NO2. The van der Waals surface area contributed by atoms with Crippen molar-refractivity contribution in [1.82, 2.24) is 0 Å². The van der Waals surface area contributed by atoms with Gasteiger partial charge in [0.05, 0.1) is 0 Å². The minimum Gasteiger partial charge on any atom is -0.315 e. The molecule has 2 rings (SSSR count). The lowest BCUT2D eigenvalue weighted by atomic mass is 9.57. The lowest BCUT2D eigenvalue weighted by molar-refractivity contribution is -0.148. The van der Waals surface area contributed by atoms with E-state index >= 15 is 0 Å². The second-order valence-electron chi connectivity index (χ2n) is 5.39. The lowest BCUT2D eigenvalue weighted by Gasteiger charge is -2.45. The molecule has 2 N–H and O–H groups in total. The van der Waals surface area contributed by atoms with Crippen LogP contribution in [0.15, 0.2) is 0 Å². The fourth-order valence-corrected chi connectivity index (χ4v) is 3.13. The standard InChI is InChI=1S/C11H17NO2/c1-10(2)6-4-5-11(10,3)9(14)7(12)8(6)13/h6-7H,4-5,12H2,1-3H3/t6-,7?,11+/m0/s1. The molecule has 3 atom stereocenters. The van der Waals surface area contributed by atoms with E-state index in [1.165, 1.54) is 0 Å². The topological polar surface area (TPSA) is 60.2 Å². The molecule has 0 heterocycles. The number of hydrogen-bond acceptors (Lipinski definition) is 3. The minimum absolute atomic E-state index is 0.0137. The first kappa shape index (κ1) is 9.84. The zero-order chi connectivity index (χ0) is 10.7. The molecule has 2 saturated carbocycles. The molecule has 3 heteroatoms. The predicted molar refractivity (Wildman–Crippen MR) is 52.6 cm³/mol. The SMILES string of the molecule is CC1(C)[C@H]2CC[C@]1(C)C(=O)C(N)C2=O. The fourth-order valence-electron chi connectivity index (χ4n) is 3.13. The van der Waals surface area contributed by atoms with Crippen molar-refractivity contribution in [3.05, 3.63) is 0 Å². The van der Waals surface area contributed by atoms with Crippen LogP contribution < -0.4 is 5.73 Å². The molecule has 0 amide bonds. The molecule has 0 spiro atoms. The van der Waals surface area contributed by atoms with Gasteiger partial charge in [-0.1, -0.05) is 20.8 Å². The molecule has 3 nitrogen and oxygen atoms in total. The van der Waals surface area contributed by atoms with Gasteiger partial charge in [-0.3, -0.25) is 9.59 Å². The molecule has 0 aromatic carbocycles. The zero-order valence-corrected chi connectivity index (χ0v) is 8.96. The minimum atomic E-state index is -0.861. The summed E-state index contributed by atoms with van der Waals surface area (Å²) in [6.45, 7) is 6.00. The Morgan fingerprint density at radius 3 is 2.43 bits per heavy atom. The third-order valence-electron chi connectivity index (χ3n) is 4.70. The summed E-state index contributed by atoms with van der Waals surface area (Å²) in [6.07, 6.45) is 1.63. The molecule has 1 unspecified atom stereocenters. The van der Waals surface area contributed by atoms with Crippen molar-refractivity contribution in [3.8, 4) is 0 Å². The number of Topliss-reactive ketones (excluding diaryl/α,β-unsaturated/α-hetero) is 2. The van der Waals surface area contributed by atoms with E-state index in [1.54, 1.807) is 0 Å². The average molecular weight is 195 g/mol. The number of rotatable bonds is 0. The second-order valence-corrected chi connectivity index (χ2v) is 5.39. The molecule has 2 aliphatic rings. The highest BCUT2D eigenvalue weighted by Crippen LogP contribution is 2.59. The first-order valence-electron chi connectivity index (χ1n) is 5.16. The Morgan fingerprint density at radius 1 is 1.29 bits per heavy atom. The number of nitrogens with two attached hydrogens (primary N) is 1. The number of hydrogen-bond donors (Lipinski definition) is 1. The van der Waals surface area contributed by atoms with Gasteiger partial charge < -0.3 is 5.73 Å². The highest BCUT2D eigenvalue weighted by Gasteiger charge is 2.63. The van der Waals surface area contributed by atoms with Crippen LogP contribution in [-0.2, 0) is 9.59 Å². The molecule has 0 saturated heterocycles. The largest absolute Gasteiger partial charge is 0.315 e. The van der Waals surface area contributed by atoms with E-state index in [9.17, 15) is 9.59 Å². The van der Waals surface area contributed by atoms with E-state index < -0.39 is 6.04 Å². The predicted octanol–water partition coefficient (Wildman–Crippen LogP) is 0.908. The van der Waals surface area contributed by atoms with E-state index in [-0.39, 0.29) is 28.3 Å². The van der Waals surface area contributed by atoms with Crippen LogP contribution in [-0.4, -0.2) is 17.6 Å². The molecular weight excluding hydrogens is 178 g/mol. The maximum absolute atomic E-state index is 12.0. The molecule has 0 radical (unpaired) electrons. The third kappa shape index (κ3) is 0.817. The van der Waals surface area contributed by atoms with Crippen molar-refractivity contribution in [3.63, 3.8) is 0 Å². The number of ketones is 2. The third-order valence-corrected chi connectivity index (χ3v) is 4.70. The van der Waals surface area contributed by atoms with E-state index in [0.717, 1.165) is 12.8 Å². The van der Waals surface area contributed by atoms with E-state index in [2.05, 4.69) is 0 Å². The van der Waals surface area contributed by atoms with Crippen molar-refractivity contribution >= 4 is 11.6 Å². The number of fused-ring (bicyclic) bond motifs is 2. The first-order chi connectivity index (χ1) is 6.32. The van der Waals surface area contributed by atoms with Gasteiger partial charge in [-0.05, 0) is 18.3 Å². The van der Waals surface area contributed by atoms with E-state index in [0.29, 0.717) is 0 Å². The van der Waals surface area contributed by atoms with E-state index in [4.69, 9.17) is 5.73 Å². The number of carbonyl (C=O) groups excluding carboxylic acids is 2. The van der Waals surface area contributed by atoms with Crippen LogP contribution >= 0.6 is 0 Å². The maximum atomic E-state index is 12.0. The summed E-state index contributed by atoms with van der Waals surface area (Å²) in [7, 11) is 0. The Bertz CT molecular complexity index is 321. The van der Waals surface area contributed by atoms with Gasteiger partial charge in [0.1, 0.15) is 6.04 Å². The van der Waals surface area contributed by atoms with Crippen LogP contribution in [0, 0.1) is 16.7 Å². The molecule has 2 aliphatic carbocycles. The smallest absolute Gasteiger partial charge is 0.163 e. The average Bonchev–Trinajstić information content (AvgIpc) is 2.30. The molecule has 0 aromatic heterocycles. The van der Waals surface area contributed by atoms with Gasteiger partial charge in [-0.15, -0.1) is 0 Å². The van der Waals surface area contributed by atoms with Crippen LogP contribution in [0.3, 0.4) is 0 Å². The Balaban J connectivity index is 2.55. The van der Waals surface area contributed by atoms with Gasteiger partial charge in [0.2, 0.25) is 0 Å². The summed E-state index contributed by atoms with van der Waals surface area (Å²) in [5, 5.41) is 0. The molecule has 2 bridgehead atoms. The Kier molecular flexibility index (Phi) is 1.72.